The van der Waals surface area contributed by atoms with E-state index >= 15 is 0 Å². The molecule has 0 aliphatic rings. The van der Waals surface area contributed by atoms with E-state index in [-0.39, 0.29) is 12.3 Å². The molecular formula is C20H20N6O2. The van der Waals surface area contributed by atoms with E-state index in [1.165, 1.54) is 0 Å². The third-order valence-electron chi connectivity index (χ3n) is 4.17. The number of anilines is 1. The Hall–Kier alpha value is -3.73. The van der Waals surface area contributed by atoms with Crippen LogP contribution in [0.4, 0.5) is 5.82 Å². The van der Waals surface area contributed by atoms with Gasteiger partial charge in [-0.1, -0.05) is 30.4 Å². The first kappa shape index (κ1) is 19.0. The molecule has 0 bridgehead atoms. The van der Waals surface area contributed by atoms with E-state index in [1.54, 1.807) is 16.7 Å². The van der Waals surface area contributed by atoms with Gasteiger partial charge in [0.25, 0.3) is 0 Å². The predicted molar refractivity (Wildman–Crippen MR) is 105 cm³/mol. The van der Waals surface area contributed by atoms with Crippen LogP contribution in [0.3, 0.4) is 0 Å². The van der Waals surface area contributed by atoms with Gasteiger partial charge in [-0.05, 0) is 36.3 Å². The van der Waals surface area contributed by atoms with Crippen molar-refractivity contribution in [3.05, 3.63) is 48.1 Å². The highest BCUT2D eigenvalue weighted by Gasteiger charge is 2.22. The number of para-hydroxylation sites is 2. The van der Waals surface area contributed by atoms with Crippen molar-refractivity contribution in [2.45, 2.75) is 26.8 Å². The first-order chi connectivity index (χ1) is 13.7. The first-order valence-corrected chi connectivity index (χ1v) is 8.90. The number of carbonyl (C=O) groups is 1. The lowest BCUT2D eigenvalue weighted by atomic mass is 10.1. The summed E-state index contributed by atoms with van der Waals surface area (Å²) in [6.07, 6.45) is 5.72. The molecule has 0 atom stereocenters. The quantitative estimate of drug-likeness (QED) is 0.364. The van der Waals surface area contributed by atoms with Crippen LogP contribution in [0.1, 0.15) is 20.3 Å². The minimum absolute atomic E-state index is 0.0413. The summed E-state index contributed by atoms with van der Waals surface area (Å²) in [6, 6.07) is 9.61. The molecule has 0 radical (unpaired) electrons. The fraction of sp³-hybridized carbons (Fsp3) is 0.250. The summed E-state index contributed by atoms with van der Waals surface area (Å²) in [6.45, 7) is 4.21. The molecular weight excluding hydrogens is 356 g/mol. The second kappa shape index (κ2) is 8.77. The molecule has 8 heteroatoms. The van der Waals surface area contributed by atoms with Crippen LogP contribution in [0.15, 0.2) is 52.7 Å². The van der Waals surface area contributed by atoms with E-state index in [2.05, 4.69) is 26.7 Å². The van der Waals surface area contributed by atoms with Crippen LogP contribution in [-0.4, -0.2) is 32.2 Å². The molecule has 3 rings (SSSR count). The van der Waals surface area contributed by atoms with Gasteiger partial charge < -0.3 is 9.88 Å². The Kier molecular flexibility index (Phi) is 5.97. The molecule has 142 valence electrons. The summed E-state index contributed by atoms with van der Waals surface area (Å²) in [7, 11) is 0. The molecule has 8 nitrogen and oxygen atoms in total. The molecule has 28 heavy (non-hydrogen) atoms. The zero-order chi connectivity index (χ0) is 19.9. The number of imidazole rings is 1. The highest BCUT2D eigenvalue weighted by atomic mass is 16.6. The first-order valence-electron chi connectivity index (χ1n) is 8.90. The topological polar surface area (TPSA) is 110 Å². The van der Waals surface area contributed by atoms with Crippen molar-refractivity contribution in [3.63, 3.8) is 0 Å². The van der Waals surface area contributed by atoms with E-state index in [4.69, 9.17) is 9.89 Å². The largest absolute Gasteiger partial charge is 0.364 e. The lowest BCUT2D eigenvalue weighted by Gasteiger charge is -2.08. The van der Waals surface area contributed by atoms with Crippen LogP contribution < -0.4 is 5.32 Å². The Bertz CT molecular complexity index is 1080. The number of hydrogen-bond donors (Lipinski definition) is 1. The number of nitriles is 1. The molecule has 2 aromatic heterocycles. The SMILES string of the molecule is C/C=C\C(=C/C)C(=O)Cn1c(-c2nonc2NCCC#N)nc2ccccc21. The van der Waals surface area contributed by atoms with Gasteiger partial charge in [0.05, 0.1) is 30.1 Å². The lowest BCUT2D eigenvalue weighted by molar-refractivity contribution is -0.115. The number of nitrogens with zero attached hydrogens (tertiary/aromatic N) is 5. The molecule has 0 amide bonds. The molecule has 0 saturated carbocycles. The zero-order valence-electron chi connectivity index (χ0n) is 15.7. The summed E-state index contributed by atoms with van der Waals surface area (Å²) in [4.78, 5) is 17.4. The maximum Gasteiger partial charge on any atom is 0.202 e. The average molecular weight is 376 g/mol. The van der Waals surface area contributed by atoms with E-state index in [0.29, 0.717) is 35.9 Å². The van der Waals surface area contributed by atoms with Crippen molar-refractivity contribution in [3.8, 4) is 17.6 Å². The Morgan fingerprint density at radius 2 is 2.14 bits per heavy atom. The molecule has 0 aliphatic heterocycles. The molecule has 1 N–H and O–H groups in total. The third-order valence-corrected chi connectivity index (χ3v) is 4.17. The van der Waals surface area contributed by atoms with Crippen LogP contribution in [0.2, 0.25) is 0 Å². The number of nitrogens with one attached hydrogen (secondary N) is 1. The van der Waals surface area contributed by atoms with Crippen molar-refractivity contribution < 1.29 is 9.42 Å². The molecule has 0 saturated heterocycles. The Morgan fingerprint density at radius 3 is 2.89 bits per heavy atom. The Labute approximate surface area is 162 Å². The van der Waals surface area contributed by atoms with Crippen LogP contribution in [0.5, 0.6) is 0 Å². The van der Waals surface area contributed by atoms with E-state index in [0.717, 1.165) is 11.0 Å². The van der Waals surface area contributed by atoms with Crippen molar-refractivity contribution in [2.75, 3.05) is 11.9 Å². The number of fused-ring (bicyclic) bond motifs is 1. The van der Waals surface area contributed by atoms with Gasteiger partial charge in [-0.25, -0.2) is 9.61 Å². The molecule has 3 aromatic rings. The van der Waals surface area contributed by atoms with Crippen LogP contribution >= 0.6 is 0 Å². The van der Waals surface area contributed by atoms with Gasteiger partial charge in [0, 0.05) is 12.1 Å². The van der Waals surface area contributed by atoms with Gasteiger partial charge in [0.2, 0.25) is 5.82 Å². The number of benzene rings is 1. The molecule has 1 aromatic carbocycles. The summed E-state index contributed by atoms with van der Waals surface area (Å²) < 4.78 is 6.69. The molecule has 2 heterocycles. The number of carbonyl (C=O) groups excluding carboxylic acids is 1. The lowest BCUT2D eigenvalue weighted by Crippen LogP contribution is -2.13. The fourth-order valence-corrected chi connectivity index (χ4v) is 2.87. The van der Waals surface area contributed by atoms with Crippen molar-refractivity contribution in [2.24, 2.45) is 0 Å². The number of ketones is 1. The van der Waals surface area contributed by atoms with Crippen LogP contribution in [0.25, 0.3) is 22.6 Å². The smallest absolute Gasteiger partial charge is 0.202 e. The zero-order valence-corrected chi connectivity index (χ0v) is 15.7. The standard InChI is InChI=1S/C20H20N6O2/c1-3-8-14(4-2)17(27)13-26-16-10-6-5-9-15(16)23-20(26)18-19(25-28-24-18)22-12-7-11-21/h3-6,8-10H,7,12-13H2,1-2H3,(H,22,25)/b8-3-,14-4+. The molecule has 0 aliphatic carbocycles. The summed E-state index contributed by atoms with van der Waals surface area (Å²) in [5.74, 6) is 0.825. The second-order valence-corrected chi connectivity index (χ2v) is 5.97. The second-order valence-electron chi connectivity index (χ2n) is 5.97. The van der Waals surface area contributed by atoms with E-state index < -0.39 is 0 Å². The summed E-state index contributed by atoms with van der Waals surface area (Å²) >= 11 is 0. The fourth-order valence-electron chi connectivity index (χ4n) is 2.87. The highest BCUT2D eigenvalue weighted by molar-refractivity contribution is 5.99. The van der Waals surface area contributed by atoms with Gasteiger partial charge in [-0.2, -0.15) is 5.26 Å². The number of Topliss-reactive ketones (excluding diaryl/α,β-unsaturated/α-hetero) is 1. The van der Waals surface area contributed by atoms with Crippen LogP contribution in [0, 0.1) is 11.3 Å². The van der Waals surface area contributed by atoms with Gasteiger partial charge >= 0.3 is 0 Å². The molecule has 0 fully saturated rings. The molecule has 0 spiro atoms. The van der Waals surface area contributed by atoms with Crippen molar-refractivity contribution in [1.82, 2.24) is 19.9 Å². The van der Waals surface area contributed by atoms with Gasteiger partial charge in [0.1, 0.15) is 0 Å². The number of hydrogen-bond acceptors (Lipinski definition) is 7. The van der Waals surface area contributed by atoms with Gasteiger partial charge in [-0.15, -0.1) is 0 Å². The molecule has 0 unspecified atom stereocenters. The van der Waals surface area contributed by atoms with E-state index in [9.17, 15) is 4.79 Å². The Morgan fingerprint density at radius 1 is 1.32 bits per heavy atom. The van der Waals surface area contributed by atoms with Crippen molar-refractivity contribution in [1.29, 1.82) is 5.26 Å². The summed E-state index contributed by atoms with van der Waals surface area (Å²) in [5.41, 5.74) is 2.57. The summed E-state index contributed by atoms with van der Waals surface area (Å²) in [5, 5.41) is 19.6. The van der Waals surface area contributed by atoms with Gasteiger partial charge in [0.15, 0.2) is 17.3 Å². The maximum absolute atomic E-state index is 12.8. The van der Waals surface area contributed by atoms with Gasteiger partial charge in [-0.3, -0.25) is 4.79 Å². The number of rotatable bonds is 8. The van der Waals surface area contributed by atoms with Crippen molar-refractivity contribution >= 4 is 22.6 Å². The minimum Gasteiger partial charge on any atom is -0.364 e. The normalized spacial score (nSPS) is 11.8. The predicted octanol–water partition coefficient (Wildman–Crippen LogP) is 3.50. The number of allylic oxidation sites excluding steroid dienone is 4. The third kappa shape index (κ3) is 3.83. The Balaban J connectivity index is 2.05. The average Bonchev–Trinajstić information content (AvgIpc) is 3.31. The number of aromatic nitrogens is 4. The van der Waals surface area contributed by atoms with Crippen LogP contribution in [-0.2, 0) is 11.3 Å². The monoisotopic (exact) mass is 376 g/mol. The minimum atomic E-state index is -0.0413. The van der Waals surface area contributed by atoms with E-state index in [1.807, 2.05) is 44.2 Å². The highest BCUT2D eigenvalue weighted by Crippen LogP contribution is 2.28. The maximum atomic E-state index is 12.8.